The highest BCUT2D eigenvalue weighted by molar-refractivity contribution is 5.94. The molecule has 1 aromatic heterocycles. The van der Waals surface area contributed by atoms with Gasteiger partial charge in [0.2, 0.25) is 0 Å². The number of pyridine rings is 1. The minimum Gasteiger partial charge on any atom is -0.373 e. The Morgan fingerprint density at radius 1 is 1.47 bits per heavy atom. The van der Waals surface area contributed by atoms with Crippen molar-refractivity contribution in [2.45, 2.75) is 13.0 Å². The summed E-state index contributed by atoms with van der Waals surface area (Å²) in [4.78, 5) is 18.0. The lowest BCUT2D eigenvalue weighted by molar-refractivity contribution is 0.0934. The van der Waals surface area contributed by atoms with Gasteiger partial charge < -0.3 is 15.5 Å². The van der Waals surface area contributed by atoms with Crippen LogP contribution in [0.4, 0.5) is 5.82 Å². The van der Waals surface area contributed by atoms with Gasteiger partial charge >= 0.3 is 0 Å². The number of nitrogens with zero attached hydrogens (tertiary/aromatic N) is 2. The first-order valence-electron chi connectivity index (χ1n) is 5.62. The number of rotatable bonds is 5. The molecule has 5 nitrogen and oxygen atoms in total. The number of amides is 1. The predicted octanol–water partition coefficient (Wildman–Crippen LogP) is 0.803. The van der Waals surface area contributed by atoms with Crippen molar-refractivity contribution < 1.29 is 4.79 Å². The molecule has 0 aliphatic carbocycles. The zero-order valence-corrected chi connectivity index (χ0v) is 10.8. The van der Waals surface area contributed by atoms with Crippen LogP contribution >= 0.6 is 0 Å². The van der Waals surface area contributed by atoms with Crippen LogP contribution in [0.3, 0.4) is 0 Å². The molecular weight excluding hydrogens is 216 g/mol. The third-order valence-electron chi connectivity index (χ3n) is 2.30. The Bertz CT molecular complexity index is 361. The lowest BCUT2D eigenvalue weighted by atomic mass is 10.2. The first-order valence-corrected chi connectivity index (χ1v) is 5.62. The molecule has 0 saturated carbocycles. The van der Waals surface area contributed by atoms with E-state index in [2.05, 4.69) is 15.6 Å². The van der Waals surface area contributed by atoms with Crippen molar-refractivity contribution in [2.75, 3.05) is 33.0 Å². The molecule has 0 spiro atoms. The van der Waals surface area contributed by atoms with Crippen LogP contribution in [0.5, 0.6) is 0 Å². The van der Waals surface area contributed by atoms with E-state index in [1.54, 1.807) is 25.4 Å². The van der Waals surface area contributed by atoms with Gasteiger partial charge in [0.05, 0.1) is 5.56 Å². The molecule has 1 atom stereocenters. The maximum atomic E-state index is 11.8. The van der Waals surface area contributed by atoms with Gasteiger partial charge in [0, 0.05) is 25.8 Å². The van der Waals surface area contributed by atoms with E-state index in [1.165, 1.54) is 0 Å². The molecule has 17 heavy (non-hydrogen) atoms. The molecule has 0 fully saturated rings. The number of aromatic nitrogens is 1. The Morgan fingerprint density at radius 2 is 2.18 bits per heavy atom. The predicted molar refractivity (Wildman–Crippen MR) is 69.3 cm³/mol. The molecule has 1 aromatic rings. The van der Waals surface area contributed by atoms with Gasteiger partial charge in [0.25, 0.3) is 5.91 Å². The summed E-state index contributed by atoms with van der Waals surface area (Å²) in [5, 5.41) is 5.83. The standard InChI is InChI=1S/C12H20N4O/c1-9(8-16(3)4)15-12(17)10-5-6-11(13-2)14-7-10/h5-7,9H,8H2,1-4H3,(H,13,14)(H,15,17). The number of hydrogen-bond donors (Lipinski definition) is 2. The molecule has 0 aromatic carbocycles. The van der Waals surface area contributed by atoms with E-state index in [0.717, 1.165) is 12.4 Å². The smallest absolute Gasteiger partial charge is 0.253 e. The number of carbonyl (C=O) groups excluding carboxylic acids is 1. The minimum atomic E-state index is -0.0884. The summed E-state index contributed by atoms with van der Waals surface area (Å²) in [7, 11) is 5.75. The summed E-state index contributed by atoms with van der Waals surface area (Å²) < 4.78 is 0. The van der Waals surface area contributed by atoms with Crippen molar-refractivity contribution in [3.8, 4) is 0 Å². The van der Waals surface area contributed by atoms with Gasteiger partial charge in [-0.25, -0.2) is 4.98 Å². The second kappa shape index (κ2) is 6.20. The van der Waals surface area contributed by atoms with E-state index in [9.17, 15) is 4.79 Å². The molecule has 94 valence electrons. The SMILES string of the molecule is CNc1ccc(C(=O)NC(C)CN(C)C)cn1. The molecule has 5 heteroatoms. The molecule has 0 saturated heterocycles. The van der Waals surface area contributed by atoms with Crippen LogP contribution in [-0.2, 0) is 0 Å². The molecule has 0 radical (unpaired) electrons. The summed E-state index contributed by atoms with van der Waals surface area (Å²) in [5.74, 6) is 0.664. The second-order valence-corrected chi connectivity index (χ2v) is 4.32. The molecule has 0 bridgehead atoms. The Labute approximate surface area is 102 Å². The molecule has 0 aliphatic rings. The van der Waals surface area contributed by atoms with Crippen molar-refractivity contribution in [2.24, 2.45) is 0 Å². The van der Waals surface area contributed by atoms with Gasteiger partial charge in [-0.3, -0.25) is 4.79 Å². The van der Waals surface area contributed by atoms with Crippen LogP contribution in [0.2, 0.25) is 0 Å². The highest BCUT2D eigenvalue weighted by Crippen LogP contribution is 2.04. The zero-order chi connectivity index (χ0) is 12.8. The van der Waals surface area contributed by atoms with Crippen molar-refractivity contribution in [3.05, 3.63) is 23.9 Å². The van der Waals surface area contributed by atoms with E-state index in [-0.39, 0.29) is 11.9 Å². The third kappa shape index (κ3) is 4.40. The van der Waals surface area contributed by atoms with Crippen molar-refractivity contribution in [3.63, 3.8) is 0 Å². The average molecular weight is 236 g/mol. The zero-order valence-electron chi connectivity index (χ0n) is 10.8. The monoisotopic (exact) mass is 236 g/mol. The molecule has 1 rings (SSSR count). The van der Waals surface area contributed by atoms with E-state index >= 15 is 0 Å². The van der Waals surface area contributed by atoms with E-state index in [0.29, 0.717) is 5.56 Å². The maximum absolute atomic E-state index is 11.8. The van der Waals surface area contributed by atoms with Gasteiger partial charge in [-0.1, -0.05) is 0 Å². The first-order chi connectivity index (χ1) is 8.02. The van der Waals surface area contributed by atoms with E-state index in [4.69, 9.17) is 0 Å². The Hall–Kier alpha value is -1.62. The number of hydrogen-bond acceptors (Lipinski definition) is 4. The fourth-order valence-electron chi connectivity index (χ4n) is 1.58. The molecule has 1 unspecified atom stereocenters. The third-order valence-corrected chi connectivity index (χ3v) is 2.30. The summed E-state index contributed by atoms with van der Waals surface area (Å²) in [6, 6.07) is 3.66. The van der Waals surface area contributed by atoms with Crippen LogP contribution in [0.1, 0.15) is 17.3 Å². The fourth-order valence-corrected chi connectivity index (χ4v) is 1.58. The van der Waals surface area contributed by atoms with Gasteiger partial charge in [0.15, 0.2) is 0 Å². The van der Waals surface area contributed by atoms with Gasteiger partial charge in [0.1, 0.15) is 5.82 Å². The number of anilines is 1. The van der Waals surface area contributed by atoms with E-state index in [1.807, 2.05) is 25.9 Å². The van der Waals surface area contributed by atoms with Crippen molar-refractivity contribution in [1.82, 2.24) is 15.2 Å². The fraction of sp³-hybridized carbons (Fsp3) is 0.500. The van der Waals surface area contributed by atoms with Crippen LogP contribution in [0.25, 0.3) is 0 Å². The second-order valence-electron chi connectivity index (χ2n) is 4.32. The van der Waals surface area contributed by atoms with E-state index < -0.39 is 0 Å². The van der Waals surface area contributed by atoms with Crippen LogP contribution in [0.15, 0.2) is 18.3 Å². The van der Waals surface area contributed by atoms with Gasteiger partial charge in [-0.15, -0.1) is 0 Å². The molecule has 1 heterocycles. The normalized spacial score (nSPS) is 12.3. The Morgan fingerprint density at radius 3 is 2.65 bits per heavy atom. The largest absolute Gasteiger partial charge is 0.373 e. The van der Waals surface area contributed by atoms with Gasteiger partial charge in [-0.2, -0.15) is 0 Å². The molecule has 0 aliphatic heterocycles. The molecule has 1 amide bonds. The Balaban J connectivity index is 2.57. The summed E-state index contributed by atoms with van der Waals surface area (Å²) in [5.41, 5.74) is 0.578. The van der Waals surface area contributed by atoms with Crippen molar-refractivity contribution in [1.29, 1.82) is 0 Å². The summed E-state index contributed by atoms with van der Waals surface area (Å²) in [6.45, 7) is 2.79. The van der Waals surface area contributed by atoms with Crippen LogP contribution in [0, 0.1) is 0 Å². The highest BCUT2D eigenvalue weighted by atomic mass is 16.1. The van der Waals surface area contributed by atoms with Gasteiger partial charge in [-0.05, 0) is 33.2 Å². The lowest BCUT2D eigenvalue weighted by Gasteiger charge is -2.18. The maximum Gasteiger partial charge on any atom is 0.253 e. The quantitative estimate of drug-likeness (QED) is 0.794. The minimum absolute atomic E-state index is 0.0884. The van der Waals surface area contributed by atoms with Crippen LogP contribution in [-0.4, -0.2) is 49.5 Å². The number of nitrogens with one attached hydrogen (secondary N) is 2. The first kappa shape index (κ1) is 13.4. The average Bonchev–Trinajstić information content (AvgIpc) is 2.28. The number of carbonyl (C=O) groups is 1. The topological polar surface area (TPSA) is 57.3 Å². The Kier molecular flexibility index (Phi) is 4.90. The van der Waals surface area contributed by atoms with Crippen molar-refractivity contribution >= 4 is 11.7 Å². The van der Waals surface area contributed by atoms with Crippen LogP contribution < -0.4 is 10.6 Å². The highest BCUT2D eigenvalue weighted by Gasteiger charge is 2.10. The lowest BCUT2D eigenvalue weighted by Crippen LogP contribution is -2.39. The number of likely N-dealkylation sites (N-methyl/N-ethyl adjacent to an activating group) is 1. The molecule has 2 N–H and O–H groups in total. The summed E-state index contributed by atoms with van der Waals surface area (Å²) >= 11 is 0. The molecular formula is C12H20N4O. The summed E-state index contributed by atoms with van der Waals surface area (Å²) in [6.07, 6.45) is 1.57.